The van der Waals surface area contributed by atoms with Crippen LogP contribution < -0.4 is 15.4 Å². The number of methoxy groups -OCH3 is 1. The van der Waals surface area contributed by atoms with E-state index in [-0.39, 0.29) is 0 Å². The topological polar surface area (TPSA) is 58.1 Å². The quantitative estimate of drug-likeness (QED) is 0.428. The lowest BCUT2D eigenvalue weighted by atomic mass is 10.2. The number of guanidine groups is 1. The highest BCUT2D eigenvalue weighted by Gasteiger charge is 2.09. The zero-order valence-electron chi connectivity index (χ0n) is 14.9. The molecule has 2 rings (SSSR count). The van der Waals surface area contributed by atoms with Crippen molar-refractivity contribution < 1.29 is 9.47 Å². The third-order valence-electron chi connectivity index (χ3n) is 4.11. The zero-order valence-corrected chi connectivity index (χ0v) is 14.9. The van der Waals surface area contributed by atoms with E-state index in [4.69, 9.17) is 9.47 Å². The minimum absolute atomic E-state index is 0.727. The van der Waals surface area contributed by atoms with Gasteiger partial charge in [0.2, 0.25) is 0 Å². The highest BCUT2D eigenvalue weighted by molar-refractivity contribution is 5.79. The van der Waals surface area contributed by atoms with Gasteiger partial charge in [-0.15, -0.1) is 0 Å². The molecule has 0 aliphatic carbocycles. The van der Waals surface area contributed by atoms with Crippen LogP contribution in [0.25, 0.3) is 0 Å². The number of benzene rings is 1. The normalized spacial score (nSPS) is 16.0. The average Bonchev–Trinajstić information content (AvgIpc) is 2.65. The highest BCUT2D eigenvalue weighted by atomic mass is 16.5. The Balaban J connectivity index is 1.59. The van der Waals surface area contributed by atoms with Gasteiger partial charge in [0.05, 0.1) is 20.3 Å². The second-order valence-electron chi connectivity index (χ2n) is 5.87. The maximum Gasteiger partial charge on any atom is 0.191 e. The summed E-state index contributed by atoms with van der Waals surface area (Å²) in [6.07, 6.45) is 2.33. The first-order chi connectivity index (χ1) is 11.8. The van der Waals surface area contributed by atoms with Gasteiger partial charge in [0.1, 0.15) is 5.75 Å². The number of hydrogen-bond acceptors (Lipinski definition) is 4. The monoisotopic (exact) mass is 334 g/mol. The van der Waals surface area contributed by atoms with Crippen LogP contribution in [0.5, 0.6) is 5.75 Å². The summed E-state index contributed by atoms with van der Waals surface area (Å²) in [7, 11) is 3.48. The molecule has 1 saturated heterocycles. The third-order valence-corrected chi connectivity index (χ3v) is 4.11. The van der Waals surface area contributed by atoms with Crippen LogP contribution in [0.15, 0.2) is 29.3 Å². The van der Waals surface area contributed by atoms with Crippen molar-refractivity contribution in [3.05, 3.63) is 29.8 Å². The number of aliphatic imine (C=N–C) groups is 1. The summed E-state index contributed by atoms with van der Waals surface area (Å²) in [5.41, 5.74) is 1.17. The number of morpholine rings is 1. The van der Waals surface area contributed by atoms with Crippen molar-refractivity contribution in [3.63, 3.8) is 0 Å². The van der Waals surface area contributed by atoms with Gasteiger partial charge >= 0.3 is 0 Å². The maximum atomic E-state index is 5.37. The van der Waals surface area contributed by atoms with E-state index in [2.05, 4.69) is 26.6 Å². The molecule has 2 N–H and O–H groups in total. The molecule has 6 nitrogen and oxygen atoms in total. The summed E-state index contributed by atoms with van der Waals surface area (Å²) in [6.45, 7) is 6.69. The van der Waals surface area contributed by atoms with Crippen LogP contribution >= 0.6 is 0 Å². The SMILES string of the molecule is CN=C(NCCCCN1CCOCC1)NCc1cccc(OC)c1. The fraction of sp³-hybridized carbons (Fsp3) is 0.611. The molecule has 0 bridgehead atoms. The predicted octanol–water partition coefficient (Wildman–Crippen LogP) is 1.47. The highest BCUT2D eigenvalue weighted by Crippen LogP contribution is 2.12. The molecule has 24 heavy (non-hydrogen) atoms. The lowest BCUT2D eigenvalue weighted by Crippen LogP contribution is -2.38. The van der Waals surface area contributed by atoms with Gasteiger partial charge in [0.15, 0.2) is 5.96 Å². The summed E-state index contributed by atoms with van der Waals surface area (Å²) in [6, 6.07) is 8.05. The largest absolute Gasteiger partial charge is 0.497 e. The number of nitrogens with one attached hydrogen (secondary N) is 2. The maximum absolute atomic E-state index is 5.37. The Labute approximate surface area is 145 Å². The summed E-state index contributed by atoms with van der Waals surface area (Å²) < 4.78 is 10.6. The van der Waals surface area contributed by atoms with Crippen LogP contribution in [0.4, 0.5) is 0 Å². The molecule has 0 unspecified atom stereocenters. The molecule has 1 aliphatic rings. The molecular formula is C18H30N4O2. The molecule has 1 aliphatic heterocycles. The van der Waals surface area contributed by atoms with Gasteiger partial charge in [-0.05, 0) is 37.1 Å². The van der Waals surface area contributed by atoms with E-state index in [0.29, 0.717) is 0 Å². The van der Waals surface area contributed by atoms with Crippen LogP contribution in [0.2, 0.25) is 0 Å². The number of ether oxygens (including phenoxy) is 2. The Hall–Kier alpha value is -1.79. The molecule has 1 heterocycles. The van der Waals surface area contributed by atoms with Crippen molar-refractivity contribution in [1.29, 1.82) is 0 Å². The van der Waals surface area contributed by atoms with Gasteiger partial charge in [0, 0.05) is 33.2 Å². The smallest absolute Gasteiger partial charge is 0.191 e. The van der Waals surface area contributed by atoms with Crippen LogP contribution in [0, 0.1) is 0 Å². The number of hydrogen-bond donors (Lipinski definition) is 2. The van der Waals surface area contributed by atoms with Gasteiger partial charge in [-0.1, -0.05) is 12.1 Å². The van der Waals surface area contributed by atoms with E-state index in [1.165, 1.54) is 12.0 Å². The minimum Gasteiger partial charge on any atom is -0.497 e. The van der Waals surface area contributed by atoms with Crippen LogP contribution in [0.3, 0.4) is 0 Å². The predicted molar refractivity (Wildman–Crippen MR) is 97.7 cm³/mol. The lowest BCUT2D eigenvalue weighted by Gasteiger charge is -2.26. The molecule has 0 amide bonds. The fourth-order valence-electron chi connectivity index (χ4n) is 2.68. The first-order valence-corrected chi connectivity index (χ1v) is 8.69. The summed E-state index contributed by atoms with van der Waals surface area (Å²) in [4.78, 5) is 6.74. The van der Waals surface area contributed by atoms with Crippen molar-refractivity contribution in [3.8, 4) is 5.75 Å². The molecule has 0 aromatic heterocycles. The van der Waals surface area contributed by atoms with E-state index >= 15 is 0 Å². The standard InChI is InChI=1S/C18H30N4O2/c1-19-18(21-15-16-6-5-7-17(14-16)23-2)20-8-3-4-9-22-10-12-24-13-11-22/h5-7,14H,3-4,8-13,15H2,1-2H3,(H2,19,20,21). The molecule has 0 spiro atoms. The van der Waals surface area contributed by atoms with Crippen molar-refractivity contribution >= 4 is 5.96 Å². The van der Waals surface area contributed by atoms with E-state index in [1.54, 1.807) is 14.2 Å². The van der Waals surface area contributed by atoms with E-state index in [9.17, 15) is 0 Å². The second kappa shape index (κ2) is 10.9. The molecule has 1 aromatic rings. The average molecular weight is 334 g/mol. The first-order valence-electron chi connectivity index (χ1n) is 8.69. The molecule has 1 aromatic carbocycles. The Morgan fingerprint density at radius 3 is 2.83 bits per heavy atom. The molecule has 1 fully saturated rings. The lowest BCUT2D eigenvalue weighted by molar-refractivity contribution is 0.0372. The minimum atomic E-state index is 0.727. The molecule has 0 saturated carbocycles. The van der Waals surface area contributed by atoms with E-state index in [1.807, 2.05) is 18.2 Å². The molecular weight excluding hydrogens is 304 g/mol. The molecule has 6 heteroatoms. The molecule has 0 radical (unpaired) electrons. The summed E-state index contributed by atoms with van der Waals surface area (Å²) in [5, 5.41) is 6.70. The van der Waals surface area contributed by atoms with Gasteiger partial charge in [-0.25, -0.2) is 0 Å². The van der Waals surface area contributed by atoms with Crippen LogP contribution in [-0.4, -0.2) is 64.4 Å². The van der Waals surface area contributed by atoms with Gasteiger partial charge in [0.25, 0.3) is 0 Å². The number of nitrogens with zero attached hydrogens (tertiary/aromatic N) is 2. The van der Waals surface area contributed by atoms with E-state index in [0.717, 1.165) is 64.1 Å². The summed E-state index contributed by atoms with van der Waals surface area (Å²) >= 11 is 0. The van der Waals surface area contributed by atoms with Gasteiger partial charge < -0.3 is 20.1 Å². The Morgan fingerprint density at radius 2 is 2.08 bits per heavy atom. The van der Waals surface area contributed by atoms with Crippen molar-refractivity contribution in [2.45, 2.75) is 19.4 Å². The first kappa shape index (κ1) is 18.5. The zero-order chi connectivity index (χ0) is 17.0. The Morgan fingerprint density at radius 1 is 1.25 bits per heavy atom. The third kappa shape index (κ3) is 6.76. The van der Waals surface area contributed by atoms with Crippen LogP contribution in [0.1, 0.15) is 18.4 Å². The van der Waals surface area contributed by atoms with Crippen molar-refractivity contribution in [2.24, 2.45) is 4.99 Å². The molecule has 134 valence electrons. The Kier molecular flexibility index (Phi) is 8.41. The number of rotatable bonds is 8. The van der Waals surface area contributed by atoms with Crippen molar-refractivity contribution in [1.82, 2.24) is 15.5 Å². The van der Waals surface area contributed by atoms with Gasteiger partial charge in [-0.3, -0.25) is 9.89 Å². The summed E-state index contributed by atoms with van der Waals surface area (Å²) in [5.74, 6) is 1.71. The van der Waals surface area contributed by atoms with Crippen LogP contribution in [-0.2, 0) is 11.3 Å². The van der Waals surface area contributed by atoms with E-state index < -0.39 is 0 Å². The number of unbranched alkanes of at least 4 members (excludes halogenated alkanes) is 1. The fourth-order valence-corrected chi connectivity index (χ4v) is 2.68. The van der Waals surface area contributed by atoms with Crippen molar-refractivity contribution in [2.75, 3.05) is 53.6 Å². The Bertz CT molecular complexity index is 502. The second-order valence-corrected chi connectivity index (χ2v) is 5.87. The van der Waals surface area contributed by atoms with Gasteiger partial charge in [-0.2, -0.15) is 0 Å². The molecule has 0 atom stereocenters.